The van der Waals surface area contributed by atoms with Gasteiger partial charge in [0.2, 0.25) is 0 Å². The van der Waals surface area contributed by atoms with E-state index in [4.69, 9.17) is 10.00 Å². The zero-order valence-corrected chi connectivity index (χ0v) is 8.12. The molecule has 0 radical (unpaired) electrons. The molecule has 0 aromatic heterocycles. The van der Waals surface area contributed by atoms with Crippen molar-refractivity contribution < 1.29 is 4.74 Å². The molecule has 0 bridgehead atoms. The summed E-state index contributed by atoms with van der Waals surface area (Å²) in [5.41, 5.74) is 1.87. The molecule has 1 aliphatic rings. The van der Waals surface area contributed by atoms with Gasteiger partial charge in [0.15, 0.2) is 0 Å². The fourth-order valence-electron chi connectivity index (χ4n) is 1.26. The summed E-state index contributed by atoms with van der Waals surface area (Å²) in [6.45, 7) is 0.754. The van der Waals surface area contributed by atoms with Crippen molar-refractivity contribution in [2.24, 2.45) is 0 Å². The third kappa shape index (κ3) is 1.44. The zero-order chi connectivity index (χ0) is 7.68. The molecule has 1 aliphatic heterocycles. The van der Waals surface area contributed by atoms with E-state index in [-0.39, 0.29) is 17.0 Å². The molecular formula is C9H8BrNO. The van der Waals surface area contributed by atoms with E-state index in [9.17, 15) is 0 Å². The van der Waals surface area contributed by atoms with Crippen LogP contribution in [0.5, 0.6) is 5.75 Å². The highest BCUT2D eigenvalue weighted by Crippen LogP contribution is 2.25. The Morgan fingerprint density at radius 2 is 2.25 bits per heavy atom. The summed E-state index contributed by atoms with van der Waals surface area (Å²) in [4.78, 5) is 0. The lowest BCUT2D eigenvalue weighted by Gasteiger charge is -1.96. The summed E-state index contributed by atoms with van der Waals surface area (Å²) >= 11 is 0. The van der Waals surface area contributed by atoms with E-state index in [1.54, 1.807) is 6.07 Å². The highest BCUT2D eigenvalue weighted by molar-refractivity contribution is 8.93. The molecule has 0 amide bonds. The maximum Gasteiger partial charge on any atom is 0.122 e. The van der Waals surface area contributed by atoms with E-state index in [1.165, 1.54) is 0 Å². The monoisotopic (exact) mass is 225 g/mol. The Bertz CT molecular complexity index is 330. The van der Waals surface area contributed by atoms with Crippen molar-refractivity contribution in [2.45, 2.75) is 6.42 Å². The molecule has 0 saturated carbocycles. The summed E-state index contributed by atoms with van der Waals surface area (Å²) in [5, 5.41) is 8.58. The molecule has 0 N–H and O–H groups in total. The summed E-state index contributed by atoms with van der Waals surface area (Å²) in [7, 11) is 0. The first-order valence-electron chi connectivity index (χ1n) is 3.56. The number of ether oxygens (including phenoxy) is 1. The minimum atomic E-state index is 0. The molecule has 62 valence electrons. The molecule has 3 heteroatoms. The Balaban J connectivity index is 0.000000720. The van der Waals surface area contributed by atoms with Crippen molar-refractivity contribution in [1.82, 2.24) is 0 Å². The Labute approximate surface area is 81.5 Å². The van der Waals surface area contributed by atoms with Gasteiger partial charge in [-0.2, -0.15) is 5.26 Å². The normalized spacial score (nSPS) is 12.2. The maximum absolute atomic E-state index is 8.58. The van der Waals surface area contributed by atoms with Gasteiger partial charge in [0.05, 0.1) is 18.2 Å². The van der Waals surface area contributed by atoms with Crippen molar-refractivity contribution in [1.29, 1.82) is 5.26 Å². The van der Waals surface area contributed by atoms with Gasteiger partial charge in [-0.15, -0.1) is 17.0 Å². The minimum absolute atomic E-state index is 0. The van der Waals surface area contributed by atoms with E-state index in [2.05, 4.69) is 6.07 Å². The first-order chi connectivity index (χ1) is 5.40. The molecular weight excluding hydrogens is 218 g/mol. The molecule has 0 atom stereocenters. The lowest BCUT2D eigenvalue weighted by Crippen LogP contribution is -1.85. The van der Waals surface area contributed by atoms with Gasteiger partial charge in [0.1, 0.15) is 5.75 Å². The van der Waals surface area contributed by atoms with Crippen LogP contribution in [0.3, 0.4) is 0 Å². The number of benzene rings is 1. The minimum Gasteiger partial charge on any atom is -0.493 e. The highest BCUT2D eigenvalue weighted by Gasteiger charge is 2.11. The second-order valence-electron chi connectivity index (χ2n) is 2.53. The fraction of sp³-hybridized carbons (Fsp3) is 0.222. The van der Waals surface area contributed by atoms with Gasteiger partial charge >= 0.3 is 0 Å². The van der Waals surface area contributed by atoms with Crippen molar-refractivity contribution in [3.63, 3.8) is 0 Å². The average Bonchev–Trinajstić information content (AvgIpc) is 2.50. The van der Waals surface area contributed by atoms with Crippen LogP contribution in [-0.4, -0.2) is 6.61 Å². The van der Waals surface area contributed by atoms with Crippen molar-refractivity contribution in [3.8, 4) is 11.8 Å². The molecule has 0 aliphatic carbocycles. The molecule has 2 nitrogen and oxygen atoms in total. The predicted octanol–water partition coefficient (Wildman–Crippen LogP) is 2.07. The van der Waals surface area contributed by atoms with Gasteiger partial charge < -0.3 is 4.74 Å². The SMILES string of the molecule is Br.N#Cc1ccc2c(c1)CCO2. The first kappa shape index (κ1) is 9.08. The molecule has 2 rings (SSSR count). The van der Waals surface area contributed by atoms with Gasteiger partial charge in [0.25, 0.3) is 0 Å². The molecule has 0 spiro atoms. The zero-order valence-electron chi connectivity index (χ0n) is 6.41. The van der Waals surface area contributed by atoms with Crippen LogP contribution in [0.2, 0.25) is 0 Å². The number of fused-ring (bicyclic) bond motifs is 1. The smallest absolute Gasteiger partial charge is 0.122 e. The molecule has 12 heavy (non-hydrogen) atoms. The van der Waals surface area contributed by atoms with Crippen LogP contribution in [0.1, 0.15) is 11.1 Å². The van der Waals surface area contributed by atoms with Crippen LogP contribution in [0, 0.1) is 11.3 Å². The van der Waals surface area contributed by atoms with Crippen LogP contribution >= 0.6 is 17.0 Å². The molecule has 0 fully saturated rings. The van der Waals surface area contributed by atoms with Gasteiger partial charge in [-0.1, -0.05) is 0 Å². The van der Waals surface area contributed by atoms with Gasteiger partial charge in [-0.3, -0.25) is 0 Å². The molecule has 1 heterocycles. The summed E-state index contributed by atoms with van der Waals surface area (Å²) in [6, 6.07) is 7.64. The second-order valence-corrected chi connectivity index (χ2v) is 2.53. The highest BCUT2D eigenvalue weighted by atomic mass is 79.9. The van der Waals surface area contributed by atoms with E-state index in [1.807, 2.05) is 12.1 Å². The van der Waals surface area contributed by atoms with Crippen LogP contribution in [0.25, 0.3) is 0 Å². The summed E-state index contributed by atoms with van der Waals surface area (Å²) in [6.07, 6.45) is 0.935. The predicted molar refractivity (Wildman–Crippen MR) is 50.7 cm³/mol. The van der Waals surface area contributed by atoms with Gasteiger partial charge in [0, 0.05) is 6.42 Å². The van der Waals surface area contributed by atoms with Crippen LogP contribution < -0.4 is 4.74 Å². The van der Waals surface area contributed by atoms with E-state index in [0.717, 1.165) is 24.3 Å². The average molecular weight is 226 g/mol. The number of halogens is 1. The lowest BCUT2D eigenvalue weighted by molar-refractivity contribution is 0.357. The molecule has 0 unspecified atom stereocenters. The lowest BCUT2D eigenvalue weighted by atomic mass is 10.1. The van der Waals surface area contributed by atoms with Crippen LogP contribution in [0.15, 0.2) is 18.2 Å². The van der Waals surface area contributed by atoms with Crippen molar-refractivity contribution in [2.75, 3.05) is 6.61 Å². The standard InChI is InChI=1S/C9H7NO.BrH/c10-6-7-1-2-9-8(5-7)3-4-11-9;/h1-2,5H,3-4H2;1H. The fourth-order valence-corrected chi connectivity index (χ4v) is 1.26. The number of hydrogen-bond donors (Lipinski definition) is 0. The van der Waals surface area contributed by atoms with Crippen LogP contribution in [-0.2, 0) is 6.42 Å². The number of nitriles is 1. The number of nitrogens with zero attached hydrogens (tertiary/aromatic N) is 1. The third-order valence-electron chi connectivity index (χ3n) is 1.82. The first-order valence-corrected chi connectivity index (χ1v) is 3.56. The molecule has 1 aromatic carbocycles. The third-order valence-corrected chi connectivity index (χ3v) is 1.82. The second kappa shape index (κ2) is 3.59. The van der Waals surface area contributed by atoms with E-state index >= 15 is 0 Å². The van der Waals surface area contributed by atoms with Crippen molar-refractivity contribution >= 4 is 17.0 Å². The van der Waals surface area contributed by atoms with E-state index in [0.29, 0.717) is 5.56 Å². The summed E-state index contributed by atoms with van der Waals surface area (Å²) < 4.78 is 5.29. The topological polar surface area (TPSA) is 33.0 Å². The summed E-state index contributed by atoms with van der Waals surface area (Å²) in [5.74, 6) is 0.934. The van der Waals surface area contributed by atoms with Crippen LogP contribution in [0.4, 0.5) is 0 Å². The Hall–Kier alpha value is -1.01. The number of hydrogen-bond acceptors (Lipinski definition) is 2. The maximum atomic E-state index is 8.58. The van der Waals surface area contributed by atoms with E-state index < -0.39 is 0 Å². The van der Waals surface area contributed by atoms with Crippen molar-refractivity contribution in [3.05, 3.63) is 29.3 Å². The Morgan fingerprint density at radius 3 is 3.00 bits per heavy atom. The number of rotatable bonds is 0. The molecule has 0 saturated heterocycles. The Kier molecular flexibility index (Phi) is 2.72. The largest absolute Gasteiger partial charge is 0.493 e. The molecule has 1 aromatic rings. The quantitative estimate of drug-likeness (QED) is 0.678. The Morgan fingerprint density at radius 1 is 1.42 bits per heavy atom. The van der Waals surface area contributed by atoms with Gasteiger partial charge in [-0.05, 0) is 23.8 Å². The van der Waals surface area contributed by atoms with Gasteiger partial charge in [-0.25, -0.2) is 0 Å².